The molecule has 1 saturated heterocycles. The van der Waals surface area contributed by atoms with Crippen molar-refractivity contribution in [1.29, 1.82) is 0 Å². The van der Waals surface area contributed by atoms with E-state index in [0.717, 1.165) is 4.88 Å². The molecule has 1 unspecified atom stereocenters. The Balaban J connectivity index is 2.17. The second kappa shape index (κ2) is 5.93. The standard InChI is InChI=1S/C14H19NO4S/c1-10-4-5-11(20-10)12(16)15-7-3-6-14(8-15,9-19-2)13(17)18/h4-5H,3,6-9H2,1-2H3,(H,17,18). The summed E-state index contributed by atoms with van der Waals surface area (Å²) < 4.78 is 5.07. The fourth-order valence-electron chi connectivity index (χ4n) is 2.64. The van der Waals surface area contributed by atoms with Gasteiger partial charge in [-0.3, -0.25) is 9.59 Å². The summed E-state index contributed by atoms with van der Waals surface area (Å²) in [6, 6.07) is 3.71. The molecule has 6 heteroatoms. The summed E-state index contributed by atoms with van der Waals surface area (Å²) >= 11 is 1.44. The number of hydrogen-bond donors (Lipinski definition) is 1. The smallest absolute Gasteiger partial charge is 0.313 e. The van der Waals surface area contributed by atoms with Crippen molar-refractivity contribution in [1.82, 2.24) is 4.90 Å². The van der Waals surface area contributed by atoms with E-state index in [1.807, 2.05) is 13.0 Å². The summed E-state index contributed by atoms with van der Waals surface area (Å²) in [5, 5.41) is 9.48. The Kier molecular flexibility index (Phi) is 4.45. The van der Waals surface area contributed by atoms with E-state index in [1.54, 1.807) is 11.0 Å². The molecule has 5 nitrogen and oxygen atoms in total. The second-order valence-electron chi connectivity index (χ2n) is 5.26. The van der Waals surface area contributed by atoms with E-state index >= 15 is 0 Å². The Labute approximate surface area is 122 Å². The van der Waals surface area contributed by atoms with E-state index in [4.69, 9.17) is 4.74 Å². The molecular formula is C14H19NO4S. The largest absolute Gasteiger partial charge is 0.481 e. The minimum atomic E-state index is -0.977. The van der Waals surface area contributed by atoms with Gasteiger partial charge in [0.05, 0.1) is 11.5 Å². The molecule has 110 valence electrons. The zero-order valence-corrected chi connectivity index (χ0v) is 12.5. The SMILES string of the molecule is COCC1(C(=O)O)CCCN(C(=O)c2ccc(C)s2)C1. The number of aryl methyl sites for hydroxylation is 1. The van der Waals surface area contributed by atoms with Crippen molar-refractivity contribution >= 4 is 23.2 Å². The molecule has 0 aromatic carbocycles. The number of carboxylic acid groups (broad SMARTS) is 1. The lowest BCUT2D eigenvalue weighted by molar-refractivity contribution is -0.155. The molecule has 1 aliphatic heterocycles. The first-order chi connectivity index (χ1) is 9.48. The maximum Gasteiger partial charge on any atom is 0.313 e. The number of carbonyl (C=O) groups is 2. The molecule has 1 aromatic heterocycles. The average Bonchev–Trinajstić information content (AvgIpc) is 2.85. The molecule has 1 N–H and O–H groups in total. The lowest BCUT2D eigenvalue weighted by Gasteiger charge is -2.39. The maximum absolute atomic E-state index is 12.4. The quantitative estimate of drug-likeness (QED) is 0.923. The molecule has 1 amide bonds. The highest BCUT2D eigenvalue weighted by atomic mass is 32.1. The van der Waals surface area contributed by atoms with Crippen LogP contribution in [0.1, 0.15) is 27.4 Å². The van der Waals surface area contributed by atoms with Crippen LogP contribution >= 0.6 is 11.3 Å². The van der Waals surface area contributed by atoms with E-state index in [2.05, 4.69) is 0 Å². The zero-order valence-electron chi connectivity index (χ0n) is 11.7. The normalized spacial score (nSPS) is 22.8. The fourth-order valence-corrected chi connectivity index (χ4v) is 3.48. The second-order valence-corrected chi connectivity index (χ2v) is 6.55. The first-order valence-corrected chi connectivity index (χ1v) is 7.38. The van der Waals surface area contributed by atoms with Gasteiger partial charge in [0.1, 0.15) is 5.41 Å². The first-order valence-electron chi connectivity index (χ1n) is 6.56. The van der Waals surface area contributed by atoms with Crippen LogP contribution in [0.25, 0.3) is 0 Å². The number of rotatable bonds is 4. The van der Waals surface area contributed by atoms with Crippen molar-refractivity contribution in [3.8, 4) is 0 Å². The summed E-state index contributed by atoms with van der Waals surface area (Å²) in [4.78, 5) is 27.4. The van der Waals surface area contributed by atoms with Gasteiger partial charge < -0.3 is 14.7 Å². The predicted molar refractivity (Wildman–Crippen MR) is 76.1 cm³/mol. The van der Waals surface area contributed by atoms with Gasteiger partial charge in [0.25, 0.3) is 5.91 Å². The minimum absolute atomic E-state index is 0.0791. The number of amides is 1. The average molecular weight is 297 g/mol. The molecule has 0 bridgehead atoms. The van der Waals surface area contributed by atoms with Crippen molar-refractivity contribution in [2.45, 2.75) is 19.8 Å². The molecular weight excluding hydrogens is 278 g/mol. The molecule has 0 saturated carbocycles. The van der Waals surface area contributed by atoms with Crippen LogP contribution in [-0.4, -0.2) is 48.7 Å². The summed E-state index contributed by atoms with van der Waals surface area (Å²) in [7, 11) is 1.49. The van der Waals surface area contributed by atoms with Crippen molar-refractivity contribution in [3.63, 3.8) is 0 Å². The van der Waals surface area contributed by atoms with Gasteiger partial charge in [0.2, 0.25) is 0 Å². The molecule has 20 heavy (non-hydrogen) atoms. The van der Waals surface area contributed by atoms with Gasteiger partial charge in [-0.2, -0.15) is 0 Å². The third-order valence-corrected chi connectivity index (χ3v) is 4.68. The van der Waals surface area contributed by atoms with Crippen LogP contribution in [0.3, 0.4) is 0 Å². The van der Waals surface area contributed by atoms with Crippen LogP contribution in [0.4, 0.5) is 0 Å². The van der Waals surface area contributed by atoms with Crippen LogP contribution in [0.2, 0.25) is 0 Å². The van der Waals surface area contributed by atoms with Gasteiger partial charge in [-0.1, -0.05) is 0 Å². The summed E-state index contributed by atoms with van der Waals surface area (Å²) in [6.07, 6.45) is 1.23. The van der Waals surface area contributed by atoms with Crippen LogP contribution < -0.4 is 0 Å². The third-order valence-electron chi connectivity index (χ3n) is 3.69. The highest BCUT2D eigenvalue weighted by Crippen LogP contribution is 2.32. The highest BCUT2D eigenvalue weighted by molar-refractivity contribution is 7.13. The topological polar surface area (TPSA) is 66.8 Å². The minimum Gasteiger partial charge on any atom is -0.481 e. The van der Waals surface area contributed by atoms with Crippen molar-refractivity contribution in [2.24, 2.45) is 5.41 Å². The van der Waals surface area contributed by atoms with Crippen LogP contribution in [-0.2, 0) is 9.53 Å². The number of nitrogens with zero attached hydrogens (tertiary/aromatic N) is 1. The molecule has 0 aliphatic carbocycles. The van der Waals surface area contributed by atoms with E-state index in [1.165, 1.54) is 18.4 Å². The number of methoxy groups -OCH3 is 1. The summed E-state index contributed by atoms with van der Waals surface area (Å²) in [5.41, 5.74) is -0.977. The Bertz CT molecular complexity index is 509. The molecule has 1 atom stereocenters. The van der Waals surface area contributed by atoms with Crippen molar-refractivity contribution in [3.05, 3.63) is 21.9 Å². The predicted octanol–water partition coefficient (Wildman–Crippen LogP) is 2.01. The summed E-state index contributed by atoms with van der Waals surface area (Å²) in [6.45, 7) is 2.90. The molecule has 2 heterocycles. The molecule has 1 aliphatic rings. The van der Waals surface area contributed by atoms with Gasteiger partial charge in [-0.05, 0) is 31.9 Å². The number of hydrogen-bond acceptors (Lipinski definition) is 4. The van der Waals surface area contributed by atoms with Gasteiger partial charge in [0.15, 0.2) is 0 Å². The fraction of sp³-hybridized carbons (Fsp3) is 0.571. The number of likely N-dealkylation sites (tertiary alicyclic amines) is 1. The van der Waals surface area contributed by atoms with Crippen LogP contribution in [0.5, 0.6) is 0 Å². The van der Waals surface area contributed by atoms with E-state index < -0.39 is 11.4 Å². The number of piperidine rings is 1. The molecule has 2 rings (SSSR count). The van der Waals surface area contributed by atoms with Gasteiger partial charge >= 0.3 is 5.97 Å². The monoisotopic (exact) mass is 297 g/mol. The van der Waals surface area contributed by atoms with Gasteiger partial charge in [-0.25, -0.2) is 0 Å². The molecule has 0 radical (unpaired) electrons. The van der Waals surface area contributed by atoms with E-state index in [9.17, 15) is 14.7 Å². The molecule has 1 aromatic rings. The zero-order chi connectivity index (χ0) is 14.8. The Morgan fingerprint density at radius 3 is 2.80 bits per heavy atom. The van der Waals surface area contributed by atoms with E-state index in [-0.39, 0.29) is 19.1 Å². The number of carboxylic acids is 1. The molecule has 1 fully saturated rings. The lowest BCUT2D eigenvalue weighted by Crippen LogP contribution is -2.52. The maximum atomic E-state index is 12.4. The van der Waals surface area contributed by atoms with Gasteiger partial charge in [-0.15, -0.1) is 11.3 Å². The Morgan fingerprint density at radius 1 is 1.50 bits per heavy atom. The van der Waals surface area contributed by atoms with Crippen molar-refractivity contribution in [2.75, 3.05) is 26.8 Å². The number of aliphatic carboxylic acids is 1. The van der Waals surface area contributed by atoms with E-state index in [0.29, 0.717) is 24.3 Å². The highest BCUT2D eigenvalue weighted by Gasteiger charge is 2.44. The van der Waals surface area contributed by atoms with Crippen LogP contribution in [0.15, 0.2) is 12.1 Å². The Hall–Kier alpha value is -1.40. The third kappa shape index (κ3) is 2.86. The number of thiophene rings is 1. The number of carbonyl (C=O) groups excluding carboxylic acids is 1. The van der Waals surface area contributed by atoms with Crippen molar-refractivity contribution < 1.29 is 19.4 Å². The van der Waals surface area contributed by atoms with Crippen LogP contribution in [0, 0.1) is 12.3 Å². The van der Waals surface area contributed by atoms with Gasteiger partial charge in [0, 0.05) is 25.1 Å². The summed E-state index contributed by atoms with van der Waals surface area (Å²) in [5.74, 6) is -0.969. The number of ether oxygens (including phenoxy) is 1. The Morgan fingerprint density at radius 2 is 2.25 bits per heavy atom. The first kappa shape index (κ1) is 15.0. The molecule has 0 spiro atoms. The lowest BCUT2D eigenvalue weighted by atomic mass is 9.80.